The smallest absolute Gasteiger partial charge is 0.0850 e. The fraction of sp³-hybridized carbons (Fsp3) is 0.586. The van der Waals surface area contributed by atoms with Gasteiger partial charge in [0.05, 0.1) is 5.76 Å². The monoisotopic (exact) mass is 408 g/mol. The first-order valence-corrected chi connectivity index (χ1v) is 12.4. The third-order valence-electron chi connectivity index (χ3n) is 6.45. The Hall–Kier alpha value is -1.76. The topological polar surface area (TPSA) is 20.2 Å². The molecule has 30 heavy (non-hydrogen) atoms. The zero-order chi connectivity index (χ0) is 21.8. The van der Waals surface area contributed by atoms with E-state index in [1.807, 2.05) is 6.92 Å². The van der Waals surface area contributed by atoms with E-state index in [1.165, 1.54) is 80.5 Å². The van der Waals surface area contributed by atoms with Crippen LogP contribution in [0.3, 0.4) is 0 Å². The second-order valence-corrected chi connectivity index (χ2v) is 9.39. The molecule has 1 heteroatoms. The summed E-state index contributed by atoms with van der Waals surface area (Å²) in [4.78, 5) is 0. The maximum atomic E-state index is 8.36. The van der Waals surface area contributed by atoms with Gasteiger partial charge in [0.1, 0.15) is 0 Å². The molecule has 1 aliphatic rings. The van der Waals surface area contributed by atoms with Gasteiger partial charge in [-0.05, 0) is 65.8 Å². The summed E-state index contributed by atoms with van der Waals surface area (Å²) in [5.74, 6) is 2.00. The van der Waals surface area contributed by atoms with Gasteiger partial charge >= 0.3 is 0 Å². The van der Waals surface area contributed by atoms with Crippen LogP contribution in [0.15, 0.2) is 48.7 Å². The number of hydrogen-bond acceptors (Lipinski definition) is 1. The maximum absolute atomic E-state index is 8.36. The molecular weight excluding hydrogens is 364 g/mol. The quantitative estimate of drug-likeness (QED) is 0.306. The number of benzene rings is 2. The summed E-state index contributed by atoms with van der Waals surface area (Å²) < 4.78 is 0. The fourth-order valence-corrected chi connectivity index (χ4v) is 4.63. The minimum absolute atomic E-state index is 0.289. The molecule has 0 amide bonds. The van der Waals surface area contributed by atoms with Crippen LogP contribution in [0.1, 0.15) is 108 Å². The van der Waals surface area contributed by atoms with Gasteiger partial charge in [0, 0.05) is 6.42 Å². The minimum atomic E-state index is 0.289. The van der Waals surface area contributed by atoms with Gasteiger partial charge in [0.15, 0.2) is 0 Å². The van der Waals surface area contributed by atoms with E-state index in [9.17, 15) is 0 Å². The second-order valence-electron chi connectivity index (χ2n) is 9.39. The molecule has 0 heterocycles. The lowest BCUT2D eigenvalue weighted by atomic mass is 9.93. The van der Waals surface area contributed by atoms with Crippen molar-refractivity contribution in [3.05, 3.63) is 59.9 Å². The molecule has 2 aromatic carbocycles. The summed E-state index contributed by atoms with van der Waals surface area (Å²) in [5.41, 5.74) is 3.08. The summed E-state index contributed by atoms with van der Waals surface area (Å²) in [6.45, 7) is 9.99. The third kappa shape index (κ3) is 8.54. The Kier molecular flexibility index (Phi) is 11.0. The Morgan fingerprint density at radius 3 is 2.23 bits per heavy atom. The Bertz CT molecular complexity index is 760. The molecule has 0 bridgehead atoms. The molecule has 0 aromatic heterocycles. The highest BCUT2D eigenvalue weighted by atomic mass is 16.3. The Morgan fingerprint density at radius 2 is 1.60 bits per heavy atom. The van der Waals surface area contributed by atoms with E-state index in [-0.39, 0.29) is 5.76 Å². The largest absolute Gasteiger partial charge is 0.513 e. The molecule has 2 unspecified atom stereocenters. The van der Waals surface area contributed by atoms with E-state index in [4.69, 9.17) is 5.11 Å². The SMILES string of the molecule is C=C(O)CCC.CCCCCCCCc1ccc2cc(C3CCC(C)C3)ccc2c1. The second kappa shape index (κ2) is 13.5. The molecule has 0 saturated heterocycles. The van der Waals surface area contributed by atoms with Crippen molar-refractivity contribution < 1.29 is 5.11 Å². The Balaban J connectivity index is 0.000000469. The fourth-order valence-electron chi connectivity index (χ4n) is 4.63. The Morgan fingerprint density at radius 1 is 0.900 bits per heavy atom. The van der Waals surface area contributed by atoms with E-state index >= 15 is 0 Å². The van der Waals surface area contributed by atoms with Gasteiger partial charge in [-0.1, -0.05) is 102 Å². The number of fused-ring (bicyclic) bond motifs is 1. The standard InChI is InChI=1S/C24H34.C5H10O/c1-3-4-5-6-7-8-9-20-11-13-23-18-24(15-14-22(23)17-20)21-12-10-19(2)16-21;1-3-4-5(2)6/h11,13-15,17-19,21H,3-10,12,16H2,1-2H3;6H,2-4H2,1H3. The van der Waals surface area contributed by atoms with Crippen LogP contribution in [0.5, 0.6) is 0 Å². The first-order chi connectivity index (χ1) is 14.5. The molecule has 1 N–H and O–H groups in total. The molecule has 0 radical (unpaired) electrons. The molecule has 1 fully saturated rings. The lowest BCUT2D eigenvalue weighted by Crippen LogP contribution is -1.94. The molecule has 0 aliphatic heterocycles. The van der Waals surface area contributed by atoms with Gasteiger partial charge < -0.3 is 5.11 Å². The summed E-state index contributed by atoms with van der Waals surface area (Å²) in [7, 11) is 0. The minimum Gasteiger partial charge on any atom is -0.513 e. The van der Waals surface area contributed by atoms with Crippen LogP contribution < -0.4 is 0 Å². The molecule has 2 atom stereocenters. The van der Waals surface area contributed by atoms with Crippen molar-refractivity contribution in [2.45, 2.75) is 104 Å². The molecule has 2 aromatic rings. The Labute approximate surface area is 185 Å². The number of aryl methyl sites for hydroxylation is 1. The normalized spacial score (nSPS) is 18.2. The first-order valence-electron chi connectivity index (χ1n) is 12.4. The van der Waals surface area contributed by atoms with Crippen molar-refractivity contribution in [1.29, 1.82) is 0 Å². The number of aliphatic hydroxyl groups is 1. The highest BCUT2D eigenvalue weighted by molar-refractivity contribution is 5.84. The third-order valence-corrected chi connectivity index (χ3v) is 6.45. The van der Waals surface area contributed by atoms with Crippen molar-refractivity contribution in [2.75, 3.05) is 0 Å². The van der Waals surface area contributed by atoms with Crippen molar-refractivity contribution in [2.24, 2.45) is 5.92 Å². The zero-order valence-electron chi connectivity index (χ0n) is 19.8. The molecule has 0 spiro atoms. The summed E-state index contributed by atoms with van der Waals surface area (Å²) in [6, 6.07) is 14.3. The van der Waals surface area contributed by atoms with Crippen LogP contribution in [-0.2, 0) is 6.42 Å². The van der Waals surface area contributed by atoms with Crippen molar-refractivity contribution >= 4 is 10.8 Å². The van der Waals surface area contributed by atoms with E-state index in [1.54, 1.807) is 5.56 Å². The molecule has 1 nitrogen and oxygen atoms in total. The number of allylic oxidation sites excluding steroid dienone is 1. The van der Waals surface area contributed by atoms with Crippen LogP contribution >= 0.6 is 0 Å². The number of aliphatic hydroxyl groups excluding tert-OH is 1. The van der Waals surface area contributed by atoms with Gasteiger partial charge in [-0.15, -0.1) is 0 Å². The van der Waals surface area contributed by atoms with E-state index in [2.05, 4.69) is 56.8 Å². The maximum Gasteiger partial charge on any atom is 0.0850 e. The van der Waals surface area contributed by atoms with Crippen molar-refractivity contribution in [3.63, 3.8) is 0 Å². The number of unbranched alkanes of at least 4 members (excludes halogenated alkanes) is 5. The van der Waals surface area contributed by atoms with Crippen LogP contribution in [0.4, 0.5) is 0 Å². The molecule has 1 aliphatic carbocycles. The van der Waals surface area contributed by atoms with E-state index in [0.717, 1.165) is 24.7 Å². The summed E-state index contributed by atoms with van der Waals surface area (Å²) in [5, 5.41) is 11.2. The molecule has 1 saturated carbocycles. The summed E-state index contributed by atoms with van der Waals surface area (Å²) in [6.07, 6.45) is 15.4. The van der Waals surface area contributed by atoms with Crippen molar-refractivity contribution in [3.8, 4) is 0 Å². The predicted octanol–water partition coefficient (Wildman–Crippen LogP) is 9.50. The highest BCUT2D eigenvalue weighted by Gasteiger charge is 2.22. The van der Waals surface area contributed by atoms with Gasteiger partial charge in [0.25, 0.3) is 0 Å². The first kappa shape index (κ1) is 24.5. The molecular formula is C29H44O. The highest BCUT2D eigenvalue weighted by Crippen LogP contribution is 2.38. The average Bonchev–Trinajstić information content (AvgIpc) is 3.17. The summed E-state index contributed by atoms with van der Waals surface area (Å²) >= 11 is 0. The molecule has 166 valence electrons. The van der Waals surface area contributed by atoms with E-state index in [0.29, 0.717) is 0 Å². The average molecular weight is 409 g/mol. The van der Waals surface area contributed by atoms with Crippen LogP contribution in [0.2, 0.25) is 0 Å². The zero-order valence-corrected chi connectivity index (χ0v) is 19.8. The number of hydrogen-bond donors (Lipinski definition) is 1. The van der Waals surface area contributed by atoms with Crippen LogP contribution in [0.25, 0.3) is 10.8 Å². The van der Waals surface area contributed by atoms with Crippen LogP contribution in [0, 0.1) is 5.92 Å². The lowest BCUT2D eigenvalue weighted by Gasteiger charge is -2.12. The van der Waals surface area contributed by atoms with Gasteiger partial charge in [-0.2, -0.15) is 0 Å². The molecule has 3 rings (SSSR count). The number of rotatable bonds is 10. The van der Waals surface area contributed by atoms with E-state index < -0.39 is 0 Å². The predicted molar refractivity (Wildman–Crippen MR) is 133 cm³/mol. The van der Waals surface area contributed by atoms with Gasteiger partial charge in [0.2, 0.25) is 0 Å². The van der Waals surface area contributed by atoms with Gasteiger partial charge in [-0.25, -0.2) is 0 Å². The van der Waals surface area contributed by atoms with Crippen LogP contribution in [-0.4, -0.2) is 5.11 Å². The van der Waals surface area contributed by atoms with Crippen molar-refractivity contribution in [1.82, 2.24) is 0 Å². The lowest BCUT2D eigenvalue weighted by molar-refractivity contribution is 0.389. The van der Waals surface area contributed by atoms with Gasteiger partial charge in [-0.3, -0.25) is 0 Å².